The molecule has 1 fully saturated rings. The Morgan fingerprint density at radius 3 is 2.30 bits per heavy atom. The van der Waals surface area contributed by atoms with Gasteiger partial charge in [0.2, 0.25) is 5.91 Å². The molecule has 1 N–H and O–H groups in total. The van der Waals surface area contributed by atoms with Crippen LogP contribution in [0, 0.1) is 0 Å². The number of thiocarbonyl (C=S) groups is 1. The van der Waals surface area contributed by atoms with Crippen molar-refractivity contribution in [1.82, 2.24) is 0 Å². The molecule has 0 atom stereocenters. The van der Waals surface area contributed by atoms with Gasteiger partial charge in [0.15, 0.2) is 4.32 Å². The van der Waals surface area contributed by atoms with Gasteiger partial charge in [-0.1, -0.05) is 36.1 Å². The van der Waals surface area contributed by atoms with E-state index < -0.39 is 0 Å². The van der Waals surface area contributed by atoms with Crippen molar-refractivity contribution in [2.24, 2.45) is 0 Å². The Bertz CT molecular complexity index is 919. The minimum absolute atomic E-state index is 0.121. The third-order valence-corrected chi connectivity index (χ3v) is 5.25. The fourth-order valence-corrected chi connectivity index (χ4v) is 3.91. The summed E-state index contributed by atoms with van der Waals surface area (Å²) >= 11 is 6.70. The minimum atomic E-state index is -0.131. The van der Waals surface area contributed by atoms with Crippen molar-refractivity contribution in [2.75, 3.05) is 29.2 Å². The number of carbonyl (C=O) groups excluding carboxylic acids is 2. The lowest BCUT2D eigenvalue weighted by atomic mass is 10.2. The smallest absolute Gasteiger partial charge is 0.270 e. The molecule has 27 heavy (non-hydrogen) atoms. The standard InChI is InChI=1S/C20H19N3O2S2/c1-13(24)21-15-6-4-14(5-7-15)12-18-19(25)23(20(26)27-18)17-10-8-16(9-11-17)22(2)3/h4-12H,1-3H3,(H,21,24)/b18-12-. The molecule has 0 aromatic heterocycles. The zero-order valence-corrected chi connectivity index (χ0v) is 16.9. The molecule has 1 heterocycles. The van der Waals surface area contributed by atoms with E-state index in [9.17, 15) is 9.59 Å². The molecule has 0 saturated carbocycles. The molecule has 0 spiro atoms. The van der Waals surface area contributed by atoms with E-state index in [4.69, 9.17) is 12.2 Å². The van der Waals surface area contributed by atoms with Crippen molar-refractivity contribution in [3.05, 3.63) is 59.0 Å². The van der Waals surface area contributed by atoms with Crippen LogP contribution in [-0.4, -0.2) is 30.2 Å². The summed E-state index contributed by atoms with van der Waals surface area (Å²) in [5, 5.41) is 2.72. The van der Waals surface area contributed by atoms with Gasteiger partial charge in [0.05, 0.1) is 10.6 Å². The molecule has 138 valence electrons. The van der Waals surface area contributed by atoms with Crippen molar-refractivity contribution < 1.29 is 9.59 Å². The number of hydrogen-bond donors (Lipinski definition) is 1. The molecule has 5 nitrogen and oxygen atoms in total. The number of rotatable bonds is 4. The fourth-order valence-electron chi connectivity index (χ4n) is 2.61. The Morgan fingerprint density at radius 1 is 1.11 bits per heavy atom. The van der Waals surface area contributed by atoms with Gasteiger partial charge < -0.3 is 10.2 Å². The van der Waals surface area contributed by atoms with E-state index in [0.29, 0.717) is 14.9 Å². The Kier molecular flexibility index (Phi) is 5.62. The molecule has 2 aromatic rings. The molecule has 7 heteroatoms. The third kappa shape index (κ3) is 4.37. The van der Waals surface area contributed by atoms with E-state index in [1.54, 1.807) is 17.0 Å². The van der Waals surface area contributed by atoms with Gasteiger partial charge in [-0.05, 0) is 48.0 Å². The summed E-state index contributed by atoms with van der Waals surface area (Å²) < 4.78 is 0.513. The Labute approximate surface area is 168 Å². The lowest BCUT2D eigenvalue weighted by Crippen LogP contribution is -2.27. The molecule has 0 radical (unpaired) electrons. The summed E-state index contributed by atoms with van der Waals surface area (Å²) in [6.45, 7) is 1.46. The van der Waals surface area contributed by atoms with Crippen LogP contribution in [0.15, 0.2) is 53.4 Å². The van der Waals surface area contributed by atoms with Gasteiger partial charge in [-0.3, -0.25) is 14.5 Å². The molecule has 2 amide bonds. The fraction of sp³-hybridized carbons (Fsp3) is 0.150. The molecule has 2 aromatic carbocycles. The van der Waals surface area contributed by atoms with Gasteiger partial charge in [-0.25, -0.2) is 0 Å². The van der Waals surface area contributed by atoms with Gasteiger partial charge in [-0.15, -0.1) is 0 Å². The molecule has 0 unspecified atom stereocenters. The molecular formula is C20H19N3O2S2. The van der Waals surface area contributed by atoms with E-state index in [1.807, 2.05) is 61.5 Å². The first-order valence-electron chi connectivity index (χ1n) is 8.28. The molecule has 1 saturated heterocycles. The summed E-state index contributed by atoms with van der Waals surface area (Å²) in [5.41, 5.74) is 3.40. The normalized spacial score (nSPS) is 15.4. The van der Waals surface area contributed by atoms with Gasteiger partial charge in [0.25, 0.3) is 5.91 Å². The lowest BCUT2D eigenvalue weighted by Gasteiger charge is -2.17. The molecule has 1 aliphatic rings. The van der Waals surface area contributed by atoms with Gasteiger partial charge >= 0.3 is 0 Å². The average Bonchev–Trinajstić information content (AvgIpc) is 2.90. The predicted octanol–water partition coefficient (Wildman–Crippen LogP) is 4.12. The number of amides is 2. The van der Waals surface area contributed by atoms with Crippen LogP contribution < -0.4 is 15.1 Å². The van der Waals surface area contributed by atoms with Crippen LogP contribution in [0.4, 0.5) is 17.1 Å². The highest BCUT2D eigenvalue weighted by molar-refractivity contribution is 8.27. The van der Waals surface area contributed by atoms with E-state index in [-0.39, 0.29) is 11.8 Å². The van der Waals surface area contributed by atoms with Gasteiger partial charge in [0.1, 0.15) is 0 Å². The Morgan fingerprint density at radius 2 is 1.74 bits per heavy atom. The predicted molar refractivity (Wildman–Crippen MR) is 117 cm³/mol. The topological polar surface area (TPSA) is 52.7 Å². The maximum atomic E-state index is 12.8. The second kappa shape index (κ2) is 7.94. The lowest BCUT2D eigenvalue weighted by molar-refractivity contribution is -0.114. The highest BCUT2D eigenvalue weighted by Crippen LogP contribution is 2.36. The summed E-state index contributed by atoms with van der Waals surface area (Å²) in [5.74, 6) is -0.252. The summed E-state index contributed by atoms with van der Waals surface area (Å²) in [7, 11) is 3.93. The van der Waals surface area contributed by atoms with Crippen molar-refractivity contribution >= 4 is 63.3 Å². The SMILES string of the molecule is CC(=O)Nc1ccc(/C=C2\SC(=S)N(c3ccc(N(C)C)cc3)C2=O)cc1. The van der Waals surface area contributed by atoms with Crippen LogP contribution in [0.3, 0.4) is 0 Å². The highest BCUT2D eigenvalue weighted by Gasteiger charge is 2.33. The van der Waals surface area contributed by atoms with Crippen LogP contribution in [0.5, 0.6) is 0 Å². The summed E-state index contributed by atoms with van der Waals surface area (Å²) in [4.78, 5) is 28.0. The van der Waals surface area contributed by atoms with Crippen molar-refractivity contribution in [1.29, 1.82) is 0 Å². The quantitative estimate of drug-likeness (QED) is 0.621. The first kappa shape index (κ1) is 19.1. The van der Waals surface area contributed by atoms with Crippen molar-refractivity contribution in [2.45, 2.75) is 6.92 Å². The molecule has 1 aliphatic heterocycles. The maximum Gasteiger partial charge on any atom is 0.270 e. The number of benzene rings is 2. The van der Waals surface area contributed by atoms with E-state index >= 15 is 0 Å². The van der Waals surface area contributed by atoms with Gasteiger partial charge in [0, 0.05) is 32.4 Å². The van der Waals surface area contributed by atoms with E-state index in [2.05, 4.69) is 5.32 Å². The number of nitrogens with zero attached hydrogens (tertiary/aromatic N) is 2. The summed E-state index contributed by atoms with van der Waals surface area (Å²) in [6, 6.07) is 15.0. The van der Waals surface area contributed by atoms with Crippen LogP contribution in [0.25, 0.3) is 6.08 Å². The number of carbonyl (C=O) groups is 2. The third-order valence-electron chi connectivity index (χ3n) is 3.95. The first-order chi connectivity index (χ1) is 12.8. The monoisotopic (exact) mass is 397 g/mol. The first-order valence-corrected chi connectivity index (χ1v) is 9.50. The summed E-state index contributed by atoms with van der Waals surface area (Å²) in [6.07, 6.45) is 1.81. The van der Waals surface area contributed by atoms with Crippen LogP contribution in [0.2, 0.25) is 0 Å². The number of nitrogens with one attached hydrogen (secondary N) is 1. The van der Waals surface area contributed by atoms with Gasteiger partial charge in [-0.2, -0.15) is 0 Å². The van der Waals surface area contributed by atoms with Crippen LogP contribution >= 0.6 is 24.0 Å². The van der Waals surface area contributed by atoms with Crippen LogP contribution in [0.1, 0.15) is 12.5 Å². The zero-order valence-electron chi connectivity index (χ0n) is 15.2. The highest BCUT2D eigenvalue weighted by atomic mass is 32.2. The zero-order chi connectivity index (χ0) is 19.6. The largest absolute Gasteiger partial charge is 0.378 e. The number of hydrogen-bond acceptors (Lipinski definition) is 5. The number of anilines is 3. The van der Waals surface area contributed by atoms with E-state index in [1.165, 1.54) is 18.7 Å². The number of thioether (sulfide) groups is 1. The van der Waals surface area contributed by atoms with Crippen molar-refractivity contribution in [3.8, 4) is 0 Å². The minimum Gasteiger partial charge on any atom is -0.378 e. The molecular weight excluding hydrogens is 378 g/mol. The van der Waals surface area contributed by atoms with E-state index in [0.717, 1.165) is 16.9 Å². The Hall–Kier alpha value is -2.64. The van der Waals surface area contributed by atoms with Crippen LogP contribution in [-0.2, 0) is 9.59 Å². The average molecular weight is 398 g/mol. The Balaban J connectivity index is 1.80. The second-order valence-electron chi connectivity index (χ2n) is 6.23. The molecule has 3 rings (SSSR count). The maximum absolute atomic E-state index is 12.8. The molecule has 0 bridgehead atoms. The second-order valence-corrected chi connectivity index (χ2v) is 7.91. The van der Waals surface area contributed by atoms with Crippen molar-refractivity contribution in [3.63, 3.8) is 0 Å². The molecule has 0 aliphatic carbocycles.